The molecule has 0 saturated heterocycles. The zero-order valence-electron chi connectivity index (χ0n) is 17.8. The lowest BCUT2D eigenvalue weighted by molar-refractivity contribution is 0.0473. The maximum Gasteiger partial charge on any atom is 0.338 e. The maximum absolute atomic E-state index is 13.0. The van der Waals surface area contributed by atoms with E-state index in [1.165, 1.54) is 49.6 Å². The average molecular weight is 483 g/mol. The smallest absolute Gasteiger partial charge is 0.338 e. The Hall–Kier alpha value is -4.18. The molecule has 0 bridgehead atoms. The number of rotatable bonds is 7. The number of ether oxygens (including phenoxy) is 2. The van der Waals surface area contributed by atoms with Gasteiger partial charge in [-0.05, 0) is 60.7 Å². The molecule has 8 nitrogen and oxygen atoms in total. The second-order valence-electron chi connectivity index (χ2n) is 7.17. The molecule has 0 atom stereocenters. The summed E-state index contributed by atoms with van der Waals surface area (Å²) in [6.07, 6.45) is 0. The number of carbonyl (C=O) groups excluding carboxylic acids is 1. The molecular formula is C24H18FNO7S. The molecule has 0 aliphatic rings. The summed E-state index contributed by atoms with van der Waals surface area (Å²) in [5.74, 6) is -0.686. The van der Waals surface area contributed by atoms with Gasteiger partial charge in [0.1, 0.15) is 23.8 Å². The second kappa shape index (κ2) is 9.36. The van der Waals surface area contributed by atoms with E-state index < -0.39 is 27.4 Å². The minimum Gasteiger partial charge on any atom is -0.497 e. The molecule has 0 unspecified atom stereocenters. The topological polar surface area (TPSA) is 112 Å². The molecule has 0 spiro atoms. The van der Waals surface area contributed by atoms with Crippen LogP contribution in [0.15, 0.2) is 86.9 Å². The van der Waals surface area contributed by atoms with Crippen molar-refractivity contribution < 1.29 is 31.5 Å². The molecule has 1 N–H and O–H groups in total. The number of halogens is 1. The molecule has 1 heterocycles. The van der Waals surface area contributed by atoms with Crippen molar-refractivity contribution in [2.24, 2.45) is 0 Å². The van der Waals surface area contributed by atoms with Gasteiger partial charge in [-0.25, -0.2) is 22.4 Å². The van der Waals surface area contributed by atoms with E-state index in [4.69, 9.17) is 13.9 Å². The van der Waals surface area contributed by atoms with E-state index in [2.05, 4.69) is 4.72 Å². The van der Waals surface area contributed by atoms with E-state index in [-0.39, 0.29) is 22.8 Å². The molecular weight excluding hydrogens is 465 g/mol. The van der Waals surface area contributed by atoms with Gasteiger partial charge in [-0.1, -0.05) is 0 Å². The molecule has 0 fully saturated rings. The third-order valence-corrected chi connectivity index (χ3v) is 6.29. The molecule has 1 aromatic heterocycles. The first kappa shape index (κ1) is 23.0. The highest BCUT2D eigenvalue weighted by molar-refractivity contribution is 7.92. The number of fused-ring (bicyclic) bond motifs is 1. The van der Waals surface area contributed by atoms with Crippen LogP contribution in [0.25, 0.3) is 11.0 Å². The van der Waals surface area contributed by atoms with E-state index in [0.717, 1.165) is 12.1 Å². The van der Waals surface area contributed by atoms with E-state index in [0.29, 0.717) is 22.3 Å². The summed E-state index contributed by atoms with van der Waals surface area (Å²) < 4.78 is 56.0. The maximum atomic E-state index is 13.0. The van der Waals surface area contributed by atoms with Crippen molar-refractivity contribution in [2.75, 3.05) is 11.8 Å². The summed E-state index contributed by atoms with van der Waals surface area (Å²) >= 11 is 0. The Balaban J connectivity index is 1.47. The van der Waals surface area contributed by atoms with Gasteiger partial charge in [0.2, 0.25) is 0 Å². The molecule has 4 rings (SSSR count). The van der Waals surface area contributed by atoms with Gasteiger partial charge in [-0.3, -0.25) is 4.72 Å². The molecule has 34 heavy (non-hydrogen) atoms. The van der Waals surface area contributed by atoms with Crippen LogP contribution in [-0.2, 0) is 21.4 Å². The number of nitrogens with one attached hydrogen (secondary N) is 1. The van der Waals surface area contributed by atoms with Crippen LogP contribution >= 0.6 is 0 Å². The Kier molecular flexibility index (Phi) is 6.33. The van der Waals surface area contributed by atoms with Gasteiger partial charge in [0, 0.05) is 28.8 Å². The van der Waals surface area contributed by atoms with Crippen LogP contribution in [0.4, 0.5) is 10.1 Å². The monoisotopic (exact) mass is 483 g/mol. The predicted octanol–water partition coefficient (Wildman–Crippen LogP) is 4.10. The van der Waals surface area contributed by atoms with Gasteiger partial charge >= 0.3 is 11.6 Å². The number of benzene rings is 3. The van der Waals surface area contributed by atoms with Gasteiger partial charge in [-0.2, -0.15) is 0 Å². The highest BCUT2D eigenvalue weighted by atomic mass is 32.2. The average Bonchev–Trinajstić information content (AvgIpc) is 2.83. The lowest BCUT2D eigenvalue weighted by Gasteiger charge is -2.10. The number of hydrogen-bond donors (Lipinski definition) is 1. The van der Waals surface area contributed by atoms with Crippen LogP contribution in [0.3, 0.4) is 0 Å². The standard InChI is InChI=1S/C24H18FNO7S/c1-31-19-8-11-21-16(12-23(27)33-22(21)13-19)14-32-24(28)15-2-9-20(10-3-15)34(29,30)26-18-6-4-17(25)5-7-18/h2-13,26H,14H2,1H3. The summed E-state index contributed by atoms with van der Waals surface area (Å²) in [7, 11) is -2.45. The largest absolute Gasteiger partial charge is 0.497 e. The second-order valence-corrected chi connectivity index (χ2v) is 8.85. The molecule has 10 heteroatoms. The van der Waals surface area contributed by atoms with Crippen molar-refractivity contribution in [3.8, 4) is 5.75 Å². The zero-order valence-corrected chi connectivity index (χ0v) is 18.6. The SMILES string of the molecule is COc1ccc2c(COC(=O)c3ccc(S(=O)(=O)Nc4ccc(F)cc4)cc3)cc(=O)oc2c1. The van der Waals surface area contributed by atoms with Crippen LogP contribution in [0.1, 0.15) is 15.9 Å². The quantitative estimate of drug-likeness (QED) is 0.311. The normalized spacial score (nSPS) is 11.2. The zero-order chi connectivity index (χ0) is 24.3. The fraction of sp³-hybridized carbons (Fsp3) is 0.0833. The van der Waals surface area contributed by atoms with E-state index >= 15 is 0 Å². The lowest BCUT2D eigenvalue weighted by Crippen LogP contribution is -2.13. The third-order valence-electron chi connectivity index (χ3n) is 4.89. The van der Waals surface area contributed by atoms with Gasteiger partial charge in [-0.15, -0.1) is 0 Å². The number of carbonyl (C=O) groups is 1. The van der Waals surface area contributed by atoms with Crippen molar-refractivity contribution in [3.05, 3.63) is 100 Å². The van der Waals surface area contributed by atoms with E-state index in [9.17, 15) is 22.4 Å². The number of methoxy groups -OCH3 is 1. The summed E-state index contributed by atoms with van der Waals surface area (Å²) in [6.45, 7) is -0.195. The molecule has 4 aromatic rings. The minimum atomic E-state index is -3.94. The Morgan fingerprint density at radius 1 is 1.00 bits per heavy atom. The number of sulfonamides is 1. The predicted molar refractivity (Wildman–Crippen MR) is 122 cm³/mol. The molecule has 174 valence electrons. The first-order valence-corrected chi connectivity index (χ1v) is 11.4. The first-order chi connectivity index (χ1) is 16.2. The molecule has 0 amide bonds. The van der Waals surface area contributed by atoms with Crippen molar-refractivity contribution in [1.29, 1.82) is 0 Å². The van der Waals surface area contributed by atoms with Gasteiger partial charge in [0.05, 0.1) is 17.6 Å². The highest BCUT2D eigenvalue weighted by Crippen LogP contribution is 2.23. The summed E-state index contributed by atoms with van der Waals surface area (Å²) in [5.41, 5.74) is 0.456. The van der Waals surface area contributed by atoms with Crippen LogP contribution < -0.4 is 15.1 Å². The fourth-order valence-electron chi connectivity index (χ4n) is 3.19. The van der Waals surface area contributed by atoms with Crippen LogP contribution in [0.5, 0.6) is 5.75 Å². The van der Waals surface area contributed by atoms with Crippen molar-refractivity contribution >= 4 is 32.6 Å². The fourth-order valence-corrected chi connectivity index (χ4v) is 4.24. The van der Waals surface area contributed by atoms with Gasteiger partial charge in [0.15, 0.2) is 0 Å². The lowest BCUT2D eigenvalue weighted by atomic mass is 10.1. The van der Waals surface area contributed by atoms with Crippen LogP contribution in [0, 0.1) is 5.82 Å². The van der Waals surface area contributed by atoms with Crippen molar-refractivity contribution in [1.82, 2.24) is 0 Å². The third kappa shape index (κ3) is 5.07. The molecule has 0 radical (unpaired) electrons. The van der Waals surface area contributed by atoms with Crippen LogP contribution in [0.2, 0.25) is 0 Å². The number of esters is 1. The molecule has 0 saturated carbocycles. The Bertz CT molecular complexity index is 1510. The summed E-state index contributed by atoms with van der Waals surface area (Å²) in [4.78, 5) is 24.3. The Morgan fingerprint density at radius 3 is 2.38 bits per heavy atom. The number of hydrogen-bond acceptors (Lipinski definition) is 7. The van der Waals surface area contributed by atoms with Crippen molar-refractivity contribution in [2.45, 2.75) is 11.5 Å². The first-order valence-electron chi connectivity index (χ1n) is 9.91. The molecule has 0 aliphatic heterocycles. The summed E-state index contributed by atoms with van der Waals surface area (Å²) in [6, 6.07) is 16.1. The summed E-state index contributed by atoms with van der Waals surface area (Å²) in [5, 5.41) is 0.585. The van der Waals surface area contributed by atoms with Gasteiger partial charge in [0.25, 0.3) is 10.0 Å². The Labute approximate surface area is 193 Å². The van der Waals surface area contributed by atoms with E-state index in [1.807, 2.05) is 0 Å². The Morgan fingerprint density at radius 2 is 1.71 bits per heavy atom. The molecule has 0 aliphatic carbocycles. The van der Waals surface area contributed by atoms with Gasteiger partial charge < -0.3 is 13.9 Å². The molecule has 3 aromatic carbocycles. The minimum absolute atomic E-state index is 0.0889. The van der Waals surface area contributed by atoms with E-state index in [1.54, 1.807) is 18.2 Å². The number of anilines is 1. The highest BCUT2D eigenvalue weighted by Gasteiger charge is 2.16. The van der Waals surface area contributed by atoms with Crippen molar-refractivity contribution in [3.63, 3.8) is 0 Å². The van der Waals surface area contributed by atoms with Crippen LogP contribution in [-0.4, -0.2) is 21.5 Å².